The summed E-state index contributed by atoms with van der Waals surface area (Å²) in [7, 11) is 1.83. The van der Waals surface area contributed by atoms with E-state index in [0.29, 0.717) is 36.0 Å². The number of amides is 1. The van der Waals surface area contributed by atoms with E-state index >= 15 is 0 Å². The van der Waals surface area contributed by atoms with Gasteiger partial charge < -0.3 is 0 Å². The zero-order valence-corrected chi connectivity index (χ0v) is 15.2. The Balaban J connectivity index is 1.74. The van der Waals surface area contributed by atoms with E-state index < -0.39 is 6.04 Å². The summed E-state index contributed by atoms with van der Waals surface area (Å²) in [6.07, 6.45) is 3.41. The molecule has 3 aromatic rings. The van der Waals surface area contributed by atoms with Crippen LogP contribution < -0.4 is 4.90 Å². The largest absolute Gasteiger partial charge is 0.299 e. The van der Waals surface area contributed by atoms with Gasteiger partial charge in [-0.2, -0.15) is 10.4 Å². The summed E-state index contributed by atoms with van der Waals surface area (Å²) in [5, 5.41) is 22.0. The number of benzene rings is 1. The normalized spacial score (nSPS) is 17.1. The van der Waals surface area contributed by atoms with Crippen LogP contribution in [0.15, 0.2) is 36.5 Å². The predicted octanol–water partition coefficient (Wildman–Crippen LogP) is 2.23. The lowest BCUT2D eigenvalue weighted by atomic mass is 10.0. The fourth-order valence-corrected chi connectivity index (χ4v) is 3.54. The number of nitriles is 1. The summed E-state index contributed by atoms with van der Waals surface area (Å²) in [6, 6.07) is 10.8. The Kier molecular flexibility index (Phi) is 4.20. The molecule has 1 unspecified atom stereocenters. The zero-order valence-electron chi connectivity index (χ0n) is 15.2. The Labute approximate surface area is 156 Å². The van der Waals surface area contributed by atoms with Crippen molar-refractivity contribution < 1.29 is 4.79 Å². The Morgan fingerprint density at radius 1 is 1.26 bits per heavy atom. The molecule has 0 saturated carbocycles. The highest BCUT2D eigenvalue weighted by molar-refractivity contribution is 5.96. The number of nitrogens with zero attached hydrogens (tertiary/aromatic N) is 7. The van der Waals surface area contributed by atoms with Gasteiger partial charge in [-0.3, -0.25) is 18.9 Å². The number of carbonyl (C=O) groups excluding carboxylic acids is 1. The van der Waals surface area contributed by atoms with Gasteiger partial charge in [-0.25, -0.2) is 0 Å². The molecule has 1 saturated heterocycles. The molecule has 1 aromatic carbocycles. The molecule has 1 fully saturated rings. The number of hydrogen-bond acceptors (Lipinski definition) is 5. The summed E-state index contributed by atoms with van der Waals surface area (Å²) < 4.78 is 3.57. The molecule has 0 radical (unpaired) electrons. The number of anilines is 1. The second kappa shape index (κ2) is 6.68. The molecule has 8 heteroatoms. The third-order valence-corrected chi connectivity index (χ3v) is 4.81. The van der Waals surface area contributed by atoms with Crippen LogP contribution in [0.3, 0.4) is 0 Å². The lowest BCUT2D eigenvalue weighted by Gasteiger charge is -2.32. The van der Waals surface area contributed by atoms with Gasteiger partial charge in [-0.1, -0.05) is 12.1 Å². The maximum Gasteiger partial charge on any atom is 0.251 e. The van der Waals surface area contributed by atoms with Crippen molar-refractivity contribution in [1.29, 1.82) is 5.26 Å². The van der Waals surface area contributed by atoms with Gasteiger partial charge in [0.1, 0.15) is 11.9 Å². The van der Waals surface area contributed by atoms with Crippen molar-refractivity contribution >= 4 is 11.7 Å². The topological polar surface area (TPSA) is 92.6 Å². The fourth-order valence-electron chi connectivity index (χ4n) is 3.54. The average molecular weight is 361 g/mol. The van der Waals surface area contributed by atoms with Crippen LogP contribution in [0.4, 0.5) is 5.82 Å². The Morgan fingerprint density at radius 2 is 2.11 bits per heavy atom. The van der Waals surface area contributed by atoms with Crippen LogP contribution in [-0.4, -0.2) is 37.0 Å². The van der Waals surface area contributed by atoms with Crippen LogP contribution in [0, 0.1) is 18.3 Å². The fraction of sp³-hybridized carbons (Fsp3) is 0.316. The third-order valence-electron chi connectivity index (χ3n) is 4.81. The standard InChI is InChI=1S/C19H19N7O/c1-13-21-22-18(15-6-3-5-14(11-15)12-20)26(13)16-7-4-9-25(19(16)27)17-8-10-24(2)23-17/h3,5-6,8,10-11,16H,4,7,9H2,1-2H3. The van der Waals surface area contributed by atoms with Gasteiger partial charge in [0.05, 0.1) is 11.6 Å². The highest BCUT2D eigenvalue weighted by atomic mass is 16.2. The highest BCUT2D eigenvalue weighted by Crippen LogP contribution is 2.31. The monoisotopic (exact) mass is 361 g/mol. The van der Waals surface area contributed by atoms with E-state index in [1.54, 1.807) is 21.7 Å². The summed E-state index contributed by atoms with van der Waals surface area (Å²) in [6.45, 7) is 2.49. The van der Waals surface area contributed by atoms with Crippen LogP contribution in [0.25, 0.3) is 11.4 Å². The van der Waals surface area contributed by atoms with E-state index in [-0.39, 0.29) is 5.91 Å². The SMILES string of the molecule is Cc1nnc(-c2cccc(C#N)c2)n1C1CCCN(c2ccn(C)n2)C1=O. The predicted molar refractivity (Wildman–Crippen MR) is 98.7 cm³/mol. The first-order chi connectivity index (χ1) is 13.1. The van der Waals surface area contributed by atoms with Crippen molar-refractivity contribution in [3.05, 3.63) is 47.9 Å². The van der Waals surface area contributed by atoms with Gasteiger partial charge in [0.15, 0.2) is 11.6 Å². The lowest BCUT2D eigenvalue weighted by molar-refractivity contribution is -0.123. The minimum Gasteiger partial charge on any atom is -0.299 e. The molecule has 4 rings (SSSR count). The average Bonchev–Trinajstić information content (AvgIpc) is 3.28. The highest BCUT2D eigenvalue weighted by Gasteiger charge is 2.34. The number of piperidine rings is 1. The van der Waals surface area contributed by atoms with Crippen molar-refractivity contribution in [1.82, 2.24) is 24.5 Å². The van der Waals surface area contributed by atoms with Gasteiger partial charge >= 0.3 is 0 Å². The molecule has 8 nitrogen and oxygen atoms in total. The Morgan fingerprint density at radius 3 is 2.85 bits per heavy atom. The van der Waals surface area contributed by atoms with Crippen LogP contribution in [0.5, 0.6) is 0 Å². The van der Waals surface area contributed by atoms with Gasteiger partial charge in [0.2, 0.25) is 0 Å². The van der Waals surface area contributed by atoms with Gasteiger partial charge in [-0.15, -0.1) is 10.2 Å². The Bertz CT molecular complexity index is 1040. The van der Waals surface area contributed by atoms with Gasteiger partial charge in [-0.05, 0) is 31.9 Å². The van der Waals surface area contributed by atoms with Crippen molar-refractivity contribution in [2.45, 2.75) is 25.8 Å². The second-order valence-electron chi connectivity index (χ2n) is 6.63. The van der Waals surface area contributed by atoms with E-state index in [2.05, 4.69) is 21.4 Å². The van der Waals surface area contributed by atoms with Crippen molar-refractivity contribution in [3.63, 3.8) is 0 Å². The molecule has 1 atom stereocenters. The zero-order chi connectivity index (χ0) is 19.0. The lowest BCUT2D eigenvalue weighted by Crippen LogP contribution is -2.43. The first-order valence-electron chi connectivity index (χ1n) is 8.81. The van der Waals surface area contributed by atoms with E-state index in [1.165, 1.54) is 0 Å². The molecule has 1 aliphatic rings. The Hall–Kier alpha value is -3.47. The molecule has 0 aliphatic carbocycles. The first kappa shape index (κ1) is 17.0. The van der Waals surface area contributed by atoms with Crippen molar-refractivity contribution in [2.75, 3.05) is 11.4 Å². The van der Waals surface area contributed by atoms with Gasteiger partial charge in [0.25, 0.3) is 5.91 Å². The van der Waals surface area contributed by atoms with E-state index in [1.807, 2.05) is 42.9 Å². The quantitative estimate of drug-likeness (QED) is 0.713. The smallest absolute Gasteiger partial charge is 0.251 e. The molecule has 2 aromatic heterocycles. The summed E-state index contributed by atoms with van der Waals surface area (Å²) in [5.41, 5.74) is 1.32. The summed E-state index contributed by atoms with van der Waals surface area (Å²) in [4.78, 5) is 15.0. The van der Waals surface area contributed by atoms with E-state index in [4.69, 9.17) is 0 Å². The van der Waals surface area contributed by atoms with Crippen LogP contribution in [0.2, 0.25) is 0 Å². The summed E-state index contributed by atoms with van der Waals surface area (Å²) in [5.74, 6) is 1.92. The maximum absolute atomic E-state index is 13.2. The summed E-state index contributed by atoms with van der Waals surface area (Å²) >= 11 is 0. The third kappa shape index (κ3) is 2.97. The van der Waals surface area contributed by atoms with E-state index in [0.717, 1.165) is 12.0 Å². The molecular formula is C19H19N7O. The van der Waals surface area contributed by atoms with Crippen LogP contribution >= 0.6 is 0 Å². The number of aryl methyl sites for hydroxylation is 2. The van der Waals surface area contributed by atoms with Crippen molar-refractivity contribution in [2.24, 2.45) is 7.05 Å². The molecule has 27 heavy (non-hydrogen) atoms. The molecule has 0 N–H and O–H groups in total. The first-order valence-corrected chi connectivity index (χ1v) is 8.81. The molecule has 1 amide bonds. The molecule has 136 valence electrons. The molecular weight excluding hydrogens is 342 g/mol. The minimum atomic E-state index is -0.392. The van der Waals surface area contributed by atoms with Crippen LogP contribution in [0.1, 0.15) is 30.3 Å². The number of hydrogen-bond donors (Lipinski definition) is 0. The molecule has 0 bridgehead atoms. The van der Waals surface area contributed by atoms with Gasteiger partial charge in [0, 0.05) is 31.4 Å². The number of aromatic nitrogens is 5. The molecule has 1 aliphatic heterocycles. The second-order valence-corrected chi connectivity index (χ2v) is 6.63. The minimum absolute atomic E-state index is 0.0134. The van der Waals surface area contributed by atoms with Crippen LogP contribution in [-0.2, 0) is 11.8 Å². The van der Waals surface area contributed by atoms with E-state index in [9.17, 15) is 10.1 Å². The van der Waals surface area contributed by atoms with Crippen molar-refractivity contribution in [3.8, 4) is 17.5 Å². The maximum atomic E-state index is 13.2. The number of rotatable bonds is 3. The number of carbonyl (C=O) groups is 1. The molecule has 0 spiro atoms. The molecule has 3 heterocycles.